The summed E-state index contributed by atoms with van der Waals surface area (Å²) in [4.78, 5) is 38.3. The molecule has 4 aliphatic rings. The number of anilines is 1. The molecule has 0 radical (unpaired) electrons. The number of rotatable bonds is 3. The van der Waals surface area contributed by atoms with Gasteiger partial charge in [-0.3, -0.25) is 9.59 Å². The minimum atomic E-state index is -0.584. The van der Waals surface area contributed by atoms with E-state index in [1.54, 1.807) is 24.3 Å². The van der Waals surface area contributed by atoms with Crippen LogP contribution in [0.25, 0.3) is 0 Å². The van der Waals surface area contributed by atoms with Crippen LogP contribution in [0.2, 0.25) is 0 Å². The Labute approximate surface area is 159 Å². The van der Waals surface area contributed by atoms with Gasteiger partial charge >= 0.3 is 6.03 Å². The fraction of sp³-hybridized carbons (Fsp3) is 0.476. The number of nitrogens with zero attached hydrogens (tertiary/aromatic N) is 1. The van der Waals surface area contributed by atoms with E-state index in [1.807, 2.05) is 6.07 Å². The van der Waals surface area contributed by atoms with Gasteiger partial charge in [0.1, 0.15) is 0 Å². The van der Waals surface area contributed by atoms with Crippen LogP contribution in [-0.4, -0.2) is 22.9 Å². The zero-order chi connectivity index (χ0) is 19.3. The monoisotopic (exact) mass is 367 g/mol. The molecule has 4 amide bonds. The molecule has 2 bridgehead atoms. The number of amides is 4. The topological polar surface area (TPSA) is 78.5 Å². The molecule has 6 nitrogen and oxygen atoms in total. The number of carbonyl (C=O) groups is 3. The van der Waals surface area contributed by atoms with Crippen molar-refractivity contribution in [1.29, 1.82) is 0 Å². The van der Waals surface area contributed by atoms with Gasteiger partial charge in [0.2, 0.25) is 0 Å². The fourth-order valence-electron chi connectivity index (χ4n) is 5.14. The summed E-state index contributed by atoms with van der Waals surface area (Å²) in [5.41, 5.74) is 4.28. The lowest BCUT2D eigenvalue weighted by Gasteiger charge is -2.48. The van der Waals surface area contributed by atoms with E-state index in [9.17, 15) is 14.4 Å². The van der Waals surface area contributed by atoms with Crippen molar-refractivity contribution in [2.24, 2.45) is 35.5 Å². The van der Waals surface area contributed by atoms with Gasteiger partial charge in [-0.25, -0.2) is 10.2 Å². The molecule has 2 fully saturated rings. The molecule has 1 aromatic rings. The Hall–Kier alpha value is -2.63. The minimum Gasteiger partial charge on any atom is -0.307 e. The van der Waals surface area contributed by atoms with Crippen LogP contribution in [0.1, 0.15) is 27.2 Å². The van der Waals surface area contributed by atoms with E-state index in [4.69, 9.17) is 0 Å². The molecule has 0 spiro atoms. The number of fused-ring (bicyclic) bond motifs is 1. The van der Waals surface area contributed by atoms with Crippen molar-refractivity contribution in [2.45, 2.75) is 27.2 Å². The van der Waals surface area contributed by atoms with Gasteiger partial charge in [0.25, 0.3) is 11.8 Å². The van der Waals surface area contributed by atoms with E-state index in [2.05, 4.69) is 37.6 Å². The number of hydrogen-bond acceptors (Lipinski definition) is 3. The van der Waals surface area contributed by atoms with Crippen LogP contribution >= 0.6 is 0 Å². The van der Waals surface area contributed by atoms with Gasteiger partial charge in [-0.05, 0) is 49.1 Å². The third-order valence-corrected chi connectivity index (χ3v) is 6.41. The molecule has 142 valence electrons. The van der Waals surface area contributed by atoms with Crippen LogP contribution in [0.4, 0.5) is 10.5 Å². The van der Waals surface area contributed by atoms with Crippen molar-refractivity contribution < 1.29 is 14.4 Å². The zero-order valence-corrected chi connectivity index (χ0v) is 15.8. The maximum atomic E-state index is 13.0. The van der Waals surface area contributed by atoms with E-state index in [0.717, 1.165) is 11.4 Å². The summed E-state index contributed by atoms with van der Waals surface area (Å²) in [5.74, 6) is -0.253. The number of para-hydroxylation sites is 1. The molecule has 5 rings (SSSR count). The van der Waals surface area contributed by atoms with Crippen molar-refractivity contribution >= 4 is 23.5 Å². The van der Waals surface area contributed by atoms with Crippen molar-refractivity contribution in [3.63, 3.8) is 0 Å². The average molecular weight is 367 g/mol. The number of allylic oxidation sites excluding steroid dienone is 2. The van der Waals surface area contributed by atoms with E-state index in [-0.39, 0.29) is 35.5 Å². The molecular formula is C21H25N3O3. The molecule has 0 unspecified atom stereocenters. The second kappa shape index (κ2) is 6.51. The maximum Gasteiger partial charge on any atom is 0.338 e. The van der Waals surface area contributed by atoms with E-state index in [0.29, 0.717) is 17.5 Å². The summed E-state index contributed by atoms with van der Waals surface area (Å²) in [5, 5.41) is 3.60. The second-order valence-corrected chi connectivity index (χ2v) is 8.23. The highest BCUT2D eigenvalue weighted by Crippen LogP contribution is 2.56. The number of nitrogens with one attached hydrogen (secondary N) is 2. The van der Waals surface area contributed by atoms with Gasteiger partial charge in [0.05, 0.1) is 11.8 Å². The largest absolute Gasteiger partial charge is 0.338 e. The summed E-state index contributed by atoms with van der Waals surface area (Å²) in [7, 11) is 0. The lowest BCUT2D eigenvalue weighted by molar-refractivity contribution is -0.142. The van der Waals surface area contributed by atoms with E-state index >= 15 is 0 Å². The zero-order valence-electron chi connectivity index (χ0n) is 15.8. The lowest BCUT2D eigenvalue weighted by atomic mass is 9.54. The molecule has 27 heavy (non-hydrogen) atoms. The van der Waals surface area contributed by atoms with Crippen LogP contribution in [0, 0.1) is 35.5 Å². The van der Waals surface area contributed by atoms with Crippen molar-refractivity contribution in [3.8, 4) is 0 Å². The van der Waals surface area contributed by atoms with Crippen LogP contribution in [0.5, 0.6) is 0 Å². The number of imide groups is 1. The predicted molar refractivity (Wildman–Crippen MR) is 101 cm³/mol. The van der Waals surface area contributed by atoms with Gasteiger partial charge in [-0.1, -0.05) is 43.7 Å². The molecule has 3 aliphatic carbocycles. The second-order valence-electron chi connectivity index (χ2n) is 8.23. The molecule has 1 aromatic carbocycles. The Balaban J connectivity index is 1.54. The van der Waals surface area contributed by atoms with Gasteiger partial charge in [-0.2, -0.15) is 5.01 Å². The van der Waals surface area contributed by atoms with E-state index in [1.165, 1.54) is 5.57 Å². The smallest absolute Gasteiger partial charge is 0.307 e. The molecule has 5 atom stereocenters. The third kappa shape index (κ3) is 2.83. The number of benzene rings is 1. The highest BCUT2D eigenvalue weighted by Gasteiger charge is 2.61. The first-order valence-corrected chi connectivity index (χ1v) is 9.57. The number of urea groups is 1. The van der Waals surface area contributed by atoms with Gasteiger partial charge in [0, 0.05) is 5.69 Å². The van der Waals surface area contributed by atoms with Gasteiger partial charge in [-0.15, -0.1) is 0 Å². The van der Waals surface area contributed by atoms with Crippen LogP contribution in [0.15, 0.2) is 42.0 Å². The summed E-state index contributed by atoms with van der Waals surface area (Å²) in [6.07, 6.45) is 3.13. The Morgan fingerprint density at radius 1 is 1.11 bits per heavy atom. The Morgan fingerprint density at radius 3 is 2.44 bits per heavy atom. The third-order valence-electron chi connectivity index (χ3n) is 6.41. The Kier molecular flexibility index (Phi) is 4.29. The van der Waals surface area contributed by atoms with Crippen molar-refractivity contribution in [2.75, 3.05) is 5.32 Å². The molecule has 0 aromatic heterocycles. The molecule has 1 heterocycles. The first kappa shape index (κ1) is 17.8. The van der Waals surface area contributed by atoms with Crippen LogP contribution < -0.4 is 10.7 Å². The van der Waals surface area contributed by atoms with Gasteiger partial charge in [0.15, 0.2) is 0 Å². The molecule has 1 aliphatic heterocycles. The summed E-state index contributed by atoms with van der Waals surface area (Å²) >= 11 is 0. The first-order chi connectivity index (χ1) is 12.9. The standard InChI is InChI=1S/C21H25N3O3/c1-11(2)14-10-15-12(3)9-16(14)18-17(15)19(25)24(20(18)26)23-21(27)22-13-7-5-4-6-8-13/h4-9,11,14-18H,10H2,1-3H3,(H2,22,23,27)/t14-,15+,16+,17-,18+/m1/s1. The van der Waals surface area contributed by atoms with E-state index < -0.39 is 6.03 Å². The van der Waals surface area contributed by atoms with Crippen LogP contribution in [0.3, 0.4) is 0 Å². The molecule has 1 saturated carbocycles. The Morgan fingerprint density at radius 2 is 1.78 bits per heavy atom. The number of carbonyl (C=O) groups excluding carboxylic acids is 3. The number of hydrazine groups is 1. The fourth-order valence-corrected chi connectivity index (χ4v) is 5.14. The average Bonchev–Trinajstić information content (AvgIpc) is 2.89. The summed E-state index contributed by atoms with van der Waals surface area (Å²) < 4.78 is 0. The SMILES string of the molecule is CC1=C[C@@H]2[C@@H]3C(=O)N(NC(=O)Nc4ccccc4)C(=O)[C@@H]3[C@H]1C[C@@H]2C(C)C. The quantitative estimate of drug-likeness (QED) is 0.636. The number of hydrogen-bond donors (Lipinski definition) is 2. The minimum absolute atomic E-state index is 0.0698. The first-order valence-electron chi connectivity index (χ1n) is 9.57. The molecule has 1 saturated heterocycles. The van der Waals surface area contributed by atoms with Crippen molar-refractivity contribution in [1.82, 2.24) is 10.4 Å². The normalized spacial score (nSPS) is 31.8. The summed E-state index contributed by atoms with van der Waals surface area (Å²) in [6, 6.07) is 8.35. The van der Waals surface area contributed by atoms with Gasteiger partial charge < -0.3 is 5.32 Å². The molecular weight excluding hydrogens is 342 g/mol. The van der Waals surface area contributed by atoms with Crippen molar-refractivity contribution in [3.05, 3.63) is 42.0 Å². The van der Waals surface area contributed by atoms with Crippen LogP contribution in [-0.2, 0) is 9.59 Å². The highest BCUT2D eigenvalue weighted by atomic mass is 16.2. The predicted octanol–water partition coefficient (Wildman–Crippen LogP) is 3.19. The summed E-state index contributed by atoms with van der Waals surface area (Å²) in [6.45, 7) is 6.41. The highest BCUT2D eigenvalue weighted by molar-refractivity contribution is 6.07. The molecule has 2 N–H and O–H groups in total. The molecule has 6 heteroatoms. The lowest BCUT2D eigenvalue weighted by Crippen LogP contribution is -2.48. The Bertz CT molecular complexity index is 817. The maximum absolute atomic E-state index is 13.0.